The monoisotopic (exact) mass is 516 g/mol. The summed E-state index contributed by atoms with van der Waals surface area (Å²) in [5, 5.41) is 20.1. The van der Waals surface area contributed by atoms with Crippen LogP contribution in [0.25, 0.3) is 33.2 Å². The summed E-state index contributed by atoms with van der Waals surface area (Å²) in [6.07, 6.45) is 2.11. The van der Waals surface area contributed by atoms with Gasteiger partial charge in [-0.1, -0.05) is 59.6 Å². The van der Waals surface area contributed by atoms with Gasteiger partial charge in [0, 0.05) is 52.5 Å². The van der Waals surface area contributed by atoms with Gasteiger partial charge >= 0.3 is 5.97 Å². The molecule has 2 heterocycles. The molecule has 3 N–H and O–H groups in total. The molecular weight excluding hydrogens is 492 g/mol. The van der Waals surface area contributed by atoms with Crippen molar-refractivity contribution in [2.75, 3.05) is 0 Å². The van der Waals surface area contributed by atoms with Gasteiger partial charge in [0.25, 0.3) is 5.97 Å². The van der Waals surface area contributed by atoms with Crippen LogP contribution in [0.15, 0.2) is 88.4 Å². The molecule has 0 bridgehead atoms. The zero-order valence-corrected chi connectivity index (χ0v) is 21.0. The normalized spacial score (nSPS) is 12.2. The molecule has 188 valence electrons. The van der Waals surface area contributed by atoms with Gasteiger partial charge in [0.15, 0.2) is 6.04 Å². The van der Waals surface area contributed by atoms with Gasteiger partial charge in [0.05, 0.1) is 5.36 Å². The number of rotatable bonds is 5. The van der Waals surface area contributed by atoms with Gasteiger partial charge in [0.2, 0.25) is 0 Å². The van der Waals surface area contributed by atoms with Crippen molar-refractivity contribution in [3.63, 3.8) is 0 Å². The van der Waals surface area contributed by atoms with Crippen LogP contribution in [0.1, 0.15) is 18.1 Å². The molecule has 0 aliphatic carbocycles. The van der Waals surface area contributed by atoms with E-state index in [1.165, 1.54) is 0 Å². The zero-order chi connectivity index (χ0) is 26.5. The van der Waals surface area contributed by atoms with Crippen molar-refractivity contribution in [1.29, 1.82) is 0 Å². The molecule has 5 rings (SSSR count). The van der Waals surface area contributed by atoms with E-state index in [1.54, 1.807) is 24.3 Å². The maximum atomic E-state index is 12.2. The first-order valence-corrected chi connectivity index (χ1v) is 11.9. The number of carboxylic acid groups (broad SMARTS) is 2. The second-order valence-electron chi connectivity index (χ2n) is 8.57. The van der Waals surface area contributed by atoms with E-state index in [2.05, 4.69) is 9.98 Å². The Balaban J connectivity index is 0.000000747. The smallest absolute Gasteiger partial charge is 0.328 e. The molecule has 7 nitrogen and oxygen atoms in total. The number of nitrogens with one attached hydrogen (secondary N) is 1. The number of aromatic amines is 1. The van der Waals surface area contributed by atoms with Crippen molar-refractivity contribution in [3.8, 4) is 11.3 Å². The fourth-order valence-electron chi connectivity index (χ4n) is 3.97. The van der Waals surface area contributed by atoms with Crippen LogP contribution in [0.2, 0.25) is 5.02 Å². The largest absolute Gasteiger partial charge is 0.481 e. The summed E-state index contributed by atoms with van der Waals surface area (Å²) in [7, 11) is 0. The number of carboxylic acids is 2. The molecule has 0 amide bonds. The number of aliphatic carboxylic acids is 2. The summed E-state index contributed by atoms with van der Waals surface area (Å²) < 4.78 is 6.12. The molecule has 1 atom stereocenters. The van der Waals surface area contributed by atoms with Crippen LogP contribution < -0.4 is 5.36 Å². The summed E-state index contributed by atoms with van der Waals surface area (Å²) in [5.41, 5.74) is 4.49. The Labute approximate surface area is 217 Å². The van der Waals surface area contributed by atoms with Crippen molar-refractivity contribution in [1.82, 2.24) is 4.98 Å². The Hall–Kier alpha value is -4.36. The second kappa shape index (κ2) is 11.1. The molecule has 8 heteroatoms. The molecule has 0 saturated carbocycles. The molecule has 0 spiro atoms. The number of para-hydroxylation sites is 1. The SMILES string of the molecule is CC(=O)O.Cc1ccc(-c2cc(=NC(Cc3c[nH]c4ccccc34)C(=O)O)c3cc(Cl)ccc3o2)cc1. The predicted octanol–water partition coefficient (Wildman–Crippen LogP) is 6.23. The first kappa shape index (κ1) is 25.7. The minimum atomic E-state index is -0.992. The molecule has 1 unspecified atom stereocenters. The molecule has 0 saturated heterocycles. The lowest BCUT2D eigenvalue weighted by atomic mass is 10.0. The summed E-state index contributed by atoms with van der Waals surface area (Å²) >= 11 is 6.24. The van der Waals surface area contributed by atoms with Gasteiger partial charge < -0.3 is 19.6 Å². The first-order valence-electron chi connectivity index (χ1n) is 11.5. The highest BCUT2D eigenvalue weighted by Crippen LogP contribution is 2.25. The van der Waals surface area contributed by atoms with Crippen molar-refractivity contribution >= 4 is 45.4 Å². The second-order valence-corrected chi connectivity index (χ2v) is 9.00. The van der Waals surface area contributed by atoms with Gasteiger partial charge in [-0.05, 0) is 36.8 Å². The number of carbonyl (C=O) groups is 2. The van der Waals surface area contributed by atoms with E-state index in [0.29, 0.717) is 27.1 Å². The summed E-state index contributed by atoms with van der Waals surface area (Å²) in [6.45, 7) is 3.10. The van der Waals surface area contributed by atoms with Crippen LogP contribution in [0, 0.1) is 6.92 Å². The number of nitrogens with zero attached hydrogens (tertiary/aromatic N) is 1. The quantitative estimate of drug-likeness (QED) is 0.256. The third kappa shape index (κ3) is 6.26. The zero-order valence-electron chi connectivity index (χ0n) is 20.2. The highest BCUT2D eigenvalue weighted by atomic mass is 35.5. The molecule has 0 aliphatic heterocycles. The van der Waals surface area contributed by atoms with Crippen molar-refractivity contribution in [3.05, 3.63) is 101 Å². The number of aryl methyl sites for hydroxylation is 1. The van der Waals surface area contributed by atoms with Crippen molar-refractivity contribution < 1.29 is 24.2 Å². The summed E-state index contributed by atoms with van der Waals surface area (Å²) in [4.78, 5) is 29.1. The van der Waals surface area contributed by atoms with E-state index in [0.717, 1.165) is 34.5 Å². The number of hydrogen-bond donors (Lipinski definition) is 3. The molecule has 0 fully saturated rings. The van der Waals surface area contributed by atoms with Crippen LogP contribution in [0.3, 0.4) is 0 Å². The maximum Gasteiger partial charge on any atom is 0.328 e. The van der Waals surface area contributed by atoms with Crippen LogP contribution in [-0.4, -0.2) is 33.2 Å². The topological polar surface area (TPSA) is 116 Å². The number of fused-ring (bicyclic) bond motifs is 2. The number of benzene rings is 3. The lowest BCUT2D eigenvalue weighted by Gasteiger charge is -2.09. The summed E-state index contributed by atoms with van der Waals surface area (Å²) in [5.74, 6) is -1.21. The lowest BCUT2D eigenvalue weighted by Crippen LogP contribution is -2.24. The van der Waals surface area contributed by atoms with Crippen molar-refractivity contribution in [2.24, 2.45) is 4.99 Å². The van der Waals surface area contributed by atoms with E-state index in [1.807, 2.05) is 61.7 Å². The Morgan fingerprint density at radius 2 is 1.70 bits per heavy atom. The van der Waals surface area contributed by atoms with Gasteiger partial charge in [-0.15, -0.1) is 0 Å². The Morgan fingerprint density at radius 3 is 2.41 bits per heavy atom. The summed E-state index contributed by atoms with van der Waals surface area (Å²) in [6, 6.07) is 21.9. The van der Waals surface area contributed by atoms with Crippen LogP contribution in [0.4, 0.5) is 0 Å². The Morgan fingerprint density at radius 1 is 1.00 bits per heavy atom. The highest BCUT2D eigenvalue weighted by molar-refractivity contribution is 6.31. The number of hydrogen-bond acceptors (Lipinski definition) is 4. The number of aromatic nitrogens is 1. The lowest BCUT2D eigenvalue weighted by molar-refractivity contribution is -0.138. The minimum absolute atomic E-state index is 0.257. The predicted molar refractivity (Wildman–Crippen MR) is 144 cm³/mol. The molecule has 37 heavy (non-hydrogen) atoms. The third-order valence-electron chi connectivity index (χ3n) is 5.71. The van der Waals surface area contributed by atoms with E-state index < -0.39 is 18.0 Å². The molecule has 5 aromatic rings. The minimum Gasteiger partial charge on any atom is -0.481 e. The number of H-pyrrole nitrogens is 1. The van der Waals surface area contributed by atoms with E-state index in [9.17, 15) is 9.90 Å². The Bertz CT molecular complexity index is 1650. The Kier molecular flexibility index (Phi) is 7.74. The molecule has 3 aromatic carbocycles. The average molecular weight is 517 g/mol. The van der Waals surface area contributed by atoms with Crippen LogP contribution >= 0.6 is 11.6 Å². The fourth-order valence-corrected chi connectivity index (χ4v) is 4.15. The highest BCUT2D eigenvalue weighted by Gasteiger charge is 2.19. The molecule has 0 aliphatic rings. The first-order chi connectivity index (χ1) is 17.7. The van der Waals surface area contributed by atoms with Crippen molar-refractivity contribution in [2.45, 2.75) is 26.3 Å². The van der Waals surface area contributed by atoms with Crippen LogP contribution in [-0.2, 0) is 16.0 Å². The van der Waals surface area contributed by atoms with E-state index in [-0.39, 0.29) is 6.42 Å². The third-order valence-corrected chi connectivity index (χ3v) is 5.94. The average Bonchev–Trinajstić information content (AvgIpc) is 3.26. The van der Waals surface area contributed by atoms with Gasteiger partial charge in [-0.3, -0.25) is 9.79 Å². The van der Waals surface area contributed by atoms with Gasteiger partial charge in [0.1, 0.15) is 11.3 Å². The van der Waals surface area contributed by atoms with E-state index in [4.69, 9.17) is 25.9 Å². The maximum absolute atomic E-state index is 12.2. The van der Waals surface area contributed by atoms with Gasteiger partial charge in [-0.2, -0.15) is 0 Å². The van der Waals surface area contributed by atoms with Crippen LogP contribution in [0.5, 0.6) is 0 Å². The molecule has 2 aromatic heterocycles. The van der Waals surface area contributed by atoms with Gasteiger partial charge in [-0.25, -0.2) is 4.79 Å². The fraction of sp³-hybridized carbons (Fsp3) is 0.138. The molecule has 0 radical (unpaired) electrons. The standard InChI is InChI=1S/C27H21ClN2O3.C2H4O2/c1-16-6-8-17(9-7-16)26-14-23(21-13-19(28)10-11-25(21)33-26)30-24(27(31)32)12-18-15-29-22-5-3-2-4-20(18)22;1-2(3)4/h2-11,13-15,24,29H,12H2,1H3,(H,31,32);1H3,(H,3,4). The van der Waals surface area contributed by atoms with E-state index >= 15 is 0 Å². The molecular formula is C29H25ClN2O5. The number of halogens is 1.